The van der Waals surface area contributed by atoms with E-state index in [9.17, 15) is 14.9 Å². The summed E-state index contributed by atoms with van der Waals surface area (Å²) in [5.74, 6) is -0.409. The molecule has 2 atom stereocenters. The summed E-state index contributed by atoms with van der Waals surface area (Å²) >= 11 is 0. The lowest BCUT2D eigenvalue weighted by atomic mass is 10.0. The van der Waals surface area contributed by atoms with Gasteiger partial charge >= 0.3 is 0 Å². The average molecular weight is 265 g/mol. The van der Waals surface area contributed by atoms with E-state index in [1.54, 1.807) is 19.1 Å². The SMILES string of the molecule is CCC(NC(=O)C(C)CN)c1cccc([N+](=O)[O-])c1. The molecule has 1 aromatic rings. The maximum absolute atomic E-state index is 11.8. The molecule has 0 heterocycles. The summed E-state index contributed by atoms with van der Waals surface area (Å²) in [5.41, 5.74) is 6.20. The maximum atomic E-state index is 11.8. The lowest BCUT2D eigenvalue weighted by molar-refractivity contribution is -0.384. The molecule has 0 aromatic heterocycles. The van der Waals surface area contributed by atoms with Gasteiger partial charge in [0.05, 0.1) is 11.0 Å². The van der Waals surface area contributed by atoms with Crippen molar-refractivity contribution in [2.45, 2.75) is 26.3 Å². The van der Waals surface area contributed by atoms with Gasteiger partial charge in [-0.05, 0) is 12.0 Å². The molecule has 1 amide bonds. The molecule has 3 N–H and O–H groups in total. The highest BCUT2D eigenvalue weighted by molar-refractivity contribution is 5.79. The fraction of sp³-hybridized carbons (Fsp3) is 0.462. The molecular weight excluding hydrogens is 246 g/mol. The molecular formula is C13H19N3O3. The summed E-state index contributed by atoms with van der Waals surface area (Å²) in [6, 6.07) is 6.08. The van der Waals surface area contributed by atoms with Crippen molar-refractivity contribution in [3.63, 3.8) is 0 Å². The van der Waals surface area contributed by atoms with Crippen LogP contribution < -0.4 is 11.1 Å². The topological polar surface area (TPSA) is 98.3 Å². The van der Waals surface area contributed by atoms with Crippen LogP contribution >= 0.6 is 0 Å². The minimum absolute atomic E-state index is 0.0251. The zero-order valence-electron chi connectivity index (χ0n) is 11.1. The molecule has 2 unspecified atom stereocenters. The lowest BCUT2D eigenvalue weighted by Crippen LogP contribution is -2.35. The molecule has 0 aliphatic rings. The monoisotopic (exact) mass is 265 g/mol. The Labute approximate surface area is 112 Å². The second-order valence-electron chi connectivity index (χ2n) is 4.46. The van der Waals surface area contributed by atoms with Gasteiger partial charge in [0, 0.05) is 24.6 Å². The van der Waals surface area contributed by atoms with Crippen LogP contribution in [0.15, 0.2) is 24.3 Å². The van der Waals surface area contributed by atoms with Gasteiger partial charge in [-0.3, -0.25) is 14.9 Å². The number of hydrogen-bond donors (Lipinski definition) is 2. The lowest BCUT2D eigenvalue weighted by Gasteiger charge is -2.19. The maximum Gasteiger partial charge on any atom is 0.269 e. The minimum atomic E-state index is -0.444. The van der Waals surface area contributed by atoms with E-state index in [0.29, 0.717) is 6.42 Å². The summed E-state index contributed by atoms with van der Waals surface area (Å²) in [6.45, 7) is 3.93. The van der Waals surface area contributed by atoms with E-state index in [1.165, 1.54) is 12.1 Å². The number of rotatable bonds is 6. The predicted octanol–water partition coefficient (Wildman–Crippen LogP) is 1.76. The first-order valence-electron chi connectivity index (χ1n) is 6.24. The number of carbonyl (C=O) groups excluding carboxylic acids is 1. The highest BCUT2D eigenvalue weighted by Crippen LogP contribution is 2.21. The number of nitrogens with two attached hydrogens (primary N) is 1. The van der Waals surface area contributed by atoms with Crippen molar-refractivity contribution in [3.8, 4) is 0 Å². The number of nitrogens with one attached hydrogen (secondary N) is 1. The molecule has 1 rings (SSSR count). The molecule has 1 aromatic carbocycles. The van der Waals surface area contributed by atoms with Crippen molar-refractivity contribution in [2.24, 2.45) is 11.7 Å². The van der Waals surface area contributed by atoms with Crippen LogP contribution in [-0.4, -0.2) is 17.4 Å². The number of nitrogens with zero attached hydrogens (tertiary/aromatic N) is 1. The van der Waals surface area contributed by atoms with Crippen LogP contribution in [-0.2, 0) is 4.79 Å². The van der Waals surface area contributed by atoms with E-state index in [2.05, 4.69) is 5.32 Å². The van der Waals surface area contributed by atoms with Gasteiger partial charge in [0.1, 0.15) is 0 Å². The molecule has 0 aliphatic carbocycles. The van der Waals surface area contributed by atoms with Gasteiger partial charge < -0.3 is 11.1 Å². The van der Waals surface area contributed by atoms with Gasteiger partial charge in [-0.1, -0.05) is 26.0 Å². The first-order chi connectivity index (χ1) is 8.99. The smallest absolute Gasteiger partial charge is 0.269 e. The van der Waals surface area contributed by atoms with E-state index in [4.69, 9.17) is 5.73 Å². The largest absolute Gasteiger partial charge is 0.349 e. The van der Waals surface area contributed by atoms with Crippen molar-refractivity contribution in [2.75, 3.05) is 6.54 Å². The minimum Gasteiger partial charge on any atom is -0.349 e. The molecule has 104 valence electrons. The van der Waals surface area contributed by atoms with Gasteiger partial charge in [0.25, 0.3) is 5.69 Å². The summed E-state index contributed by atoms with van der Waals surface area (Å²) < 4.78 is 0. The van der Waals surface area contributed by atoms with Crippen LogP contribution in [0, 0.1) is 16.0 Å². The summed E-state index contributed by atoms with van der Waals surface area (Å²) in [4.78, 5) is 22.1. The Hall–Kier alpha value is -1.95. The molecule has 6 nitrogen and oxygen atoms in total. The van der Waals surface area contributed by atoms with Crippen LogP contribution in [0.5, 0.6) is 0 Å². The Morgan fingerprint density at radius 2 is 2.21 bits per heavy atom. The van der Waals surface area contributed by atoms with Crippen molar-refractivity contribution in [1.29, 1.82) is 0 Å². The number of nitro groups is 1. The molecule has 0 spiro atoms. The van der Waals surface area contributed by atoms with Crippen LogP contribution in [0.25, 0.3) is 0 Å². The Bertz CT molecular complexity index is 462. The molecule has 0 saturated heterocycles. The number of carbonyl (C=O) groups is 1. The van der Waals surface area contributed by atoms with Gasteiger partial charge in [-0.2, -0.15) is 0 Å². The van der Waals surface area contributed by atoms with Crippen LogP contribution in [0.4, 0.5) is 5.69 Å². The average Bonchev–Trinajstić information content (AvgIpc) is 2.43. The molecule has 0 fully saturated rings. The summed E-state index contributed by atoms with van der Waals surface area (Å²) in [5, 5.41) is 13.6. The first kappa shape index (κ1) is 15.1. The molecule has 6 heteroatoms. The molecule has 0 bridgehead atoms. The quantitative estimate of drug-likeness (QED) is 0.604. The normalized spacial score (nSPS) is 13.6. The number of amides is 1. The van der Waals surface area contributed by atoms with E-state index < -0.39 is 4.92 Å². The number of hydrogen-bond acceptors (Lipinski definition) is 4. The third kappa shape index (κ3) is 4.03. The van der Waals surface area contributed by atoms with E-state index in [0.717, 1.165) is 5.56 Å². The first-order valence-corrected chi connectivity index (χ1v) is 6.24. The zero-order chi connectivity index (χ0) is 14.4. The highest BCUT2D eigenvalue weighted by atomic mass is 16.6. The Balaban J connectivity index is 2.88. The third-order valence-corrected chi connectivity index (χ3v) is 3.01. The molecule has 0 aliphatic heterocycles. The van der Waals surface area contributed by atoms with Crippen molar-refractivity contribution >= 4 is 11.6 Å². The van der Waals surface area contributed by atoms with Gasteiger partial charge in [-0.25, -0.2) is 0 Å². The highest BCUT2D eigenvalue weighted by Gasteiger charge is 2.18. The van der Waals surface area contributed by atoms with Gasteiger partial charge in [0.15, 0.2) is 0 Å². The van der Waals surface area contributed by atoms with Crippen LogP contribution in [0.2, 0.25) is 0 Å². The molecule has 0 radical (unpaired) electrons. The fourth-order valence-electron chi connectivity index (χ4n) is 1.70. The van der Waals surface area contributed by atoms with E-state index in [1.807, 2.05) is 6.92 Å². The third-order valence-electron chi connectivity index (χ3n) is 3.01. The van der Waals surface area contributed by atoms with E-state index in [-0.39, 0.29) is 30.1 Å². The number of non-ortho nitro benzene ring substituents is 1. The Morgan fingerprint density at radius 3 is 2.74 bits per heavy atom. The summed E-state index contributed by atoms with van der Waals surface area (Å²) in [6.07, 6.45) is 0.657. The van der Waals surface area contributed by atoms with Crippen molar-refractivity contribution < 1.29 is 9.72 Å². The summed E-state index contributed by atoms with van der Waals surface area (Å²) in [7, 11) is 0. The molecule has 19 heavy (non-hydrogen) atoms. The zero-order valence-corrected chi connectivity index (χ0v) is 11.1. The van der Waals surface area contributed by atoms with Crippen LogP contribution in [0.1, 0.15) is 31.9 Å². The van der Waals surface area contributed by atoms with E-state index >= 15 is 0 Å². The molecule has 0 saturated carbocycles. The van der Waals surface area contributed by atoms with Crippen molar-refractivity contribution in [3.05, 3.63) is 39.9 Å². The number of nitro benzene ring substituents is 1. The Morgan fingerprint density at radius 1 is 1.53 bits per heavy atom. The second kappa shape index (κ2) is 6.84. The fourth-order valence-corrected chi connectivity index (χ4v) is 1.70. The second-order valence-corrected chi connectivity index (χ2v) is 4.46. The predicted molar refractivity (Wildman–Crippen MR) is 72.5 cm³/mol. The van der Waals surface area contributed by atoms with Gasteiger partial charge in [-0.15, -0.1) is 0 Å². The van der Waals surface area contributed by atoms with Crippen LogP contribution in [0.3, 0.4) is 0 Å². The van der Waals surface area contributed by atoms with Gasteiger partial charge in [0.2, 0.25) is 5.91 Å². The Kier molecular flexibility index (Phi) is 5.44. The number of benzene rings is 1. The van der Waals surface area contributed by atoms with Crippen molar-refractivity contribution in [1.82, 2.24) is 5.32 Å². The standard InChI is InChI=1S/C13H19N3O3/c1-3-12(15-13(17)9(2)8-14)10-5-4-6-11(7-10)16(18)19/h4-7,9,12H,3,8,14H2,1-2H3,(H,15,17).